The van der Waals surface area contributed by atoms with Crippen LogP contribution >= 0.6 is 0 Å². The number of rotatable bonds is 2. The van der Waals surface area contributed by atoms with E-state index in [9.17, 15) is 4.79 Å². The van der Waals surface area contributed by atoms with Crippen molar-refractivity contribution in [2.75, 3.05) is 5.73 Å². The van der Waals surface area contributed by atoms with Crippen LogP contribution in [0.3, 0.4) is 0 Å². The number of ketones is 1. The molecule has 0 atom stereocenters. The number of hydrogen-bond acceptors (Lipinski definition) is 3. The lowest BCUT2D eigenvalue weighted by Gasteiger charge is -2.25. The quantitative estimate of drug-likeness (QED) is 0.776. The maximum absolute atomic E-state index is 12.2. The standard InChI is InChI=1S/C13H18N2O/c1-9-4-6-10(7-5-9)12(16)11-3-2-8-15-13(11)14/h2-3,8-10H,4-7H2,1H3,(H2,14,15). The molecule has 1 aliphatic rings. The van der Waals surface area contributed by atoms with Crippen molar-refractivity contribution in [1.29, 1.82) is 0 Å². The summed E-state index contributed by atoms with van der Waals surface area (Å²) < 4.78 is 0. The molecule has 3 heteroatoms. The fourth-order valence-corrected chi connectivity index (χ4v) is 2.37. The molecule has 1 heterocycles. The molecule has 16 heavy (non-hydrogen) atoms. The van der Waals surface area contributed by atoms with E-state index >= 15 is 0 Å². The van der Waals surface area contributed by atoms with Gasteiger partial charge in [-0.2, -0.15) is 0 Å². The van der Waals surface area contributed by atoms with E-state index in [1.165, 1.54) is 0 Å². The minimum atomic E-state index is 0.155. The second-order valence-corrected chi connectivity index (χ2v) is 4.76. The minimum Gasteiger partial charge on any atom is -0.383 e. The average Bonchev–Trinajstić information content (AvgIpc) is 2.30. The third kappa shape index (κ3) is 2.23. The number of pyridine rings is 1. The van der Waals surface area contributed by atoms with Gasteiger partial charge < -0.3 is 5.73 Å². The molecule has 0 unspecified atom stereocenters. The smallest absolute Gasteiger partial charge is 0.169 e. The van der Waals surface area contributed by atoms with E-state index in [4.69, 9.17) is 5.73 Å². The number of anilines is 1. The zero-order chi connectivity index (χ0) is 11.5. The van der Waals surface area contributed by atoms with Gasteiger partial charge in [0.15, 0.2) is 5.78 Å². The molecular formula is C13H18N2O. The van der Waals surface area contributed by atoms with Gasteiger partial charge in [-0.05, 0) is 30.9 Å². The second-order valence-electron chi connectivity index (χ2n) is 4.76. The molecule has 0 spiro atoms. The van der Waals surface area contributed by atoms with Gasteiger partial charge in [-0.15, -0.1) is 0 Å². The fourth-order valence-electron chi connectivity index (χ4n) is 2.37. The Balaban J connectivity index is 2.11. The van der Waals surface area contributed by atoms with E-state index < -0.39 is 0 Å². The molecule has 2 rings (SSSR count). The van der Waals surface area contributed by atoms with Gasteiger partial charge in [0.05, 0.1) is 5.56 Å². The topological polar surface area (TPSA) is 56.0 Å². The summed E-state index contributed by atoms with van der Waals surface area (Å²) in [5.74, 6) is 1.46. The number of aromatic nitrogens is 1. The van der Waals surface area contributed by atoms with Crippen molar-refractivity contribution in [3.05, 3.63) is 23.9 Å². The lowest BCUT2D eigenvalue weighted by molar-refractivity contribution is 0.0876. The number of nitrogens with zero attached hydrogens (tertiary/aromatic N) is 1. The number of nitrogens with two attached hydrogens (primary N) is 1. The largest absolute Gasteiger partial charge is 0.383 e. The van der Waals surface area contributed by atoms with Gasteiger partial charge in [-0.25, -0.2) is 4.98 Å². The fraction of sp³-hybridized carbons (Fsp3) is 0.538. The molecule has 0 aliphatic heterocycles. The molecule has 0 amide bonds. The molecule has 1 aliphatic carbocycles. The highest BCUT2D eigenvalue weighted by Gasteiger charge is 2.26. The van der Waals surface area contributed by atoms with E-state index in [-0.39, 0.29) is 11.7 Å². The van der Waals surface area contributed by atoms with Crippen molar-refractivity contribution >= 4 is 11.6 Å². The molecule has 2 N–H and O–H groups in total. The third-order valence-corrected chi connectivity index (χ3v) is 3.49. The number of Topliss-reactive ketones (excluding diaryl/α,β-unsaturated/α-hetero) is 1. The van der Waals surface area contributed by atoms with Crippen molar-refractivity contribution in [2.24, 2.45) is 11.8 Å². The van der Waals surface area contributed by atoms with E-state index in [0.717, 1.165) is 31.6 Å². The first-order valence-electron chi connectivity index (χ1n) is 5.93. The third-order valence-electron chi connectivity index (χ3n) is 3.49. The molecule has 0 saturated heterocycles. The first-order valence-corrected chi connectivity index (χ1v) is 5.93. The van der Waals surface area contributed by atoms with Gasteiger partial charge in [0.25, 0.3) is 0 Å². The molecular weight excluding hydrogens is 200 g/mol. The van der Waals surface area contributed by atoms with Crippen LogP contribution in [0.4, 0.5) is 5.82 Å². The molecule has 1 aromatic heterocycles. The molecule has 1 aromatic rings. The first-order chi connectivity index (χ1) is 7.68. The molecule has 0 aromatic carbocycles. The maximum Gasteiger partial charge on any atom is 0.169 e. The summed E-state index contributed by atoms with van der Waals surface area (Å²) in [6.45, 7) is 2.25. The second kappa shape index (κ2) is 4.64. The number of hydrogen-bond donors (Lipinski definition) is 1. The van der Waals surface area contributed by atoms with Crippen LogP contribution in [-0.4, -0.2) is 10.8 Å². The summed E-state index contributed by atoms with van der Waals surface area (Å²) in [6.07, 6.45) is 5.91. The SMILES string of the molecule is CC1CCC(C(=O)c2cccnc2N)CC1. The van der Waals surface area contributed by atoms with E-state index in [0.29, 0.717) is 11.4 Å². The normalized spacial score (nSPS) is 25.3. The van der Waals surface area contributed by atoms with Crippen LogP contribution in [0.15, 0.2) is 18.3 Å². The summed E-state index contributed by atoms with van der Waals surface area (Å²) in [5.41, 5.74) is 6.32. The zero-order valence-electron chi connectivity index (χ0n) is 9.65. The summed E-state index contributed by atoms with van der Waals surface area (Å²) in [5, 5.41) is 0. The molecule has 1 saturated carbocycles. The van der Waals surface area contributed by atoms with Gasteiger partial charge in [0.1, 0.15) is 5.82 Å². The number of carbonyl (C=O) groups is 1. The Morgan fingerprint density at radius 3 is 2.69 bits per heavy atom. The van der Waals surface area contributed by atoms with Crippen LogP contribution in [0.1, 0.15) is 43.0 Å². The minimum absolute atomic E-state index is 0.155. The summed E-state index contributed by atoms with van der Waals surface area (Å²) >= 11 is 0. The Bertz CT molecular complexity index is 381. The Kier molecular flexibility index (Phi) is 3.22. The molecule has 0 radical (unpaired) electrons. The van der Waals surface area contributed by atoms with Gasteiger partial charge in [-0.1, -0.05) is 19.8 Å². The monoisotopic (exact) mass is 218 g/mol. The lowest BCUT2D eigenvalue weighted by atomic mass is 9.79. The van der Waals surface area contributed by atoms with Gasteiger partial charge in [0.2, 0.25) is 0 Å². The van der Waals surface area contributed by atoms with Crippen LogP contribution in [0.25, 0.3) is 0 Å². The van der Waals surface area contributed by atoms with E-state index in [1.54, 1.807) is 18.3 Å². The van der Waals surface area contributed by atoms with Crippen LogP contribution in [-0.2, 0) is 0 Å². The van der Waals surface area contributed by atoms with Crippen LogP contribution in [0, 0.1) is 11.8 Å². The number of carbonyl (C=O) groups excluding carboxylic acids is 1. The summed E-state index contributed by atoms with van der Waals surface area (Å²) in [6, 6.07) is 3.55. The average molecular weight is 218 g/mol. The van der Waals surface area contributed by atoms with Gasteiger partial charge >= 0.3 is 0 Å². The Hall–Kier alpha value is -1.38. The maximum atomic E-state index is 12.2. The van der Waals surface area contributed by atoms with Crippen molar-refractivity contribution < 1.29 is 4.79 Å². The lowest BCUT2D eigenvalue weighted by Crippen LogP contribution is -2.22. The first kappa shape index (κ1) is 11.1. The molecule has 3 nitrogen and oxygen atoms in total. The van der Waals surface area contributed by atoms with Crippen molar-refractivity contribution in [2.45, 2.75) is 32.6 Å². The van der Waals surface area contributed by atoms with Crippen LogP contribution in [0.2, 0.25) is 0 Å². The predicted molar refractivity (Wildman–Crippen MR) is 64.1 cm³/mol. The van der Waals surface area contributed by atoms with E-state index in [2.05, 4.69) is 11.9 Å². The van der Waals surface area contributed by atoms with Crippen LogP contribution < -0.4 is 5.73 Å². The predicted octanol–water partition coefficient (Wildman–Crippen LogP) is 2.67. The molecule has 0 bridgehead atoms. The Labute approximate surface area is 96.1 Å². The molecule has 1 fully saturated rings. The highest BCUT2D eigenvalue weighted by molar-refractivity contribution is 6.01. The van der Waals surface area contributed by atoms with Gasteiger partial charge in [0, 0.05) is 12.1 Å². The van der Waals surface area contributed by atoms with Crippen molar-refractivity contribution in [3.63, 3.8) is 0 Å². The van der Waals surface area contributed by atoms with Gasteiger partial charge in [-0.3, -0.25) is 4.79 Å². The number of nitrogen functional groups attached to an aromatic ring is 1. The van der Waals surface area contributed by atoms with Crippen molar-refractivity contribution in [3.8, 4) is 0 Å². The summed E-state index contributed by atoms with van der Waals surface area (Å²) in [7, 11) is 0. The highest BCUT2D eigenvalue weighted by Crippen LogP contribution is 2.31. The Morgan fingerprint density at radius 1 is 1.38 bits per heavy atom. The van der Waals surface area contributed by atoms with E-state index in [1.807, 2.05) is 0 Å². The zero-order valence-corrected chi connectivity index (χ0v) is 9.65. The van der Waals surface area contributed by atoms with Crippen LogP contribution in [0.5, 0.6) is 0 Å². The molecule has 86 valence electrons. The Morgan fingerprint density at radius 2 is 2.06 bits per heavy atom. The van der Waals surface area contributed by atoms with Crippen molar-refractivity contribution in [1.82, 2.24) is 4.98 Å². The highest BCUT2D eigenvalue weighted by atomic mass is 16.1. The summed E-state index contributed by atoms with van der Waals surface area (Å²) in [4.78, 5) is 16.2.